The van der Waals surface area contributed by atoms with E-state index in [0.717, 1.165) is 5.69 Å². The summed E-state index contributed by atoms with van der Waals surface area (Å²) in [6, 6.07) is 22.5. The SMILES string of the molecule is O=C1C(Cl)=C(Oc2ccc(N=Nc3ccccc3)cc2)C(=O)c2ccccc21. The van der Waals surface area contributed by atoms with Crippen molar-refractivity contribution in [2.75, 3.05) is 0 Å². The van der Waals surface area contributed by atoms with Crippen molar-refractivity contribution in [3.63, 3.8) is 0 Å². The number of benzene rings is 3. The monoisotopic (exact) mass is 388 g/mol. The van der Waals surface area contributed by atoms with Crippen LogP contribution in [0.3, 0.4) is 0 Å². The summed E-state index contributed by atoms with van der Waals surface area (Å²) in [6.45, 7) is 0. The number of nitrogens with zero attached hydrogens (tertiary/aromatic N) is 2. The molecule has 0 saturated heterocycles. The maximum Gasteiger partial charge on any atom is 0.230 e. The average molecular weight is 389 g/mol. The summed E-state index contributed by atoms with van der Waals surface area (Å²) in [4.78, 5) is 25.0. The second-order valence-corrected chi connectivity index (χ2v) is 6.36. The third kappa shape index (κ3) is 3.48. The molecule has 0 atom stereocenters. The first kappa shape index (κ1) is 17.8. The van der Waals surface area contributed by atoms with Gasteiger partial charge in [-0.05, 0) is 36.4 Å². The van der Waals surface area contributed by atoms with E-state index in [4.69, 9.17) is 16.3 Å². The molecular weight excluding hydrogens is 376 g/mol. The van der Waals surface area contributed by atoms with Gasteiger partial charge in [0.05, 0.1) is 11.4 Å². The number of Topliss-reactive ketones (excluding diaryl/α,β-unsaturated/α-hetero) is 2. The van der Waals surface area contributed by atoms with Crippen molar-refractivity contribution in [3.05, 3.63) is 101 Å². The van der Waals surface area contributed by atoms with Crippen LogP contribution in [0.15, 0.2) is 99.9 Å². The van der Waals surface area contributed by atoms with Gasteiger partial charge in [0.2, 0.25) is 11.6 Å². The van der Waals surface area contributed by atoms with Gasteiger partial charge in [-0.25, -0.2) is 0 Å². The Kier molecular flexibility index (Phi) is 4.83. The van der Waals surface area contributed by atoms with E-state index in [2.05, 4.69) is 10.2 Å². The smallest absolute Gasteiger partial charge is 0.230 e. The summed E-state index contributed by atoms with van der Waals surface area (Å²) in [6.07, 6.45) is 0. The molecule has 0 bridgehead atoms. The fraction of sp³-hybridized carbons (Fsp3) is 0. The van der Waals surface area contributed by atoms with Crippen LogP contribution in [0.2, 0.25) is 0 Å². The minimum Gasteiger partial charge on any atom is -0.451 e. The highest BCUT2D eigenvalue weighted by molar-refractivity contribution is 6.49. The number of ether oxygens (including phenoxy) is 1. The van der Waals surface area contributed by atoms with E-state index in [0.29, 0.717) is 11.4 Å². The minimum absolute atomic E-state index is 0.177. The molecule has 4 rings (SSSR count). The van der Waals surface area contributed by atoms with Gasteiger partial charge in [0.25, 0.3) is 0 Å². The molecule has 0 heterocycles. The van der Waals surface area contributed by atoms with Gasteiger partial charge in [-0.1, -0.05) is 54.1 Å². The summed E-state index contributed by atoms with van der Waals surface area (Å²) in [5.41, 5.74) is 1.92. The van der Waals surface area contributed by atoms with Crippen molar-refractivity contribution in [3.8, 4) is 5.75 Å². The zero-order valence-corrected chi connectivity index (χ0v) is 15.3. The lowest BCUT2D eigenvalue weighted by Crippen LogP contribution is -2.23. The second-order valence-electron chi connectivity index (χ2n) is 5.98. The highest BCUT2D eigenvalue weighted by atomic mass is 35.5. The number of allylic oxidation sites excluding steroid dienone is 2. The lowest BCUT2D eigenvalue weighted by atomic mass is 9.93. The maximum absolute atomic E-state index is 12.7. The largest absolute Gasteiger partial charge is 0.451 e. The number of fused-ring (bicyclic) bond motifs is 1. The van der Waals surface area contributed by atoms with Crippen LogP contribution in [0.5, 0.6) is 5.75 Å². The number of halogens is 1. The Morgan fingerprint density at radius 3 is 1.82 bits per heavy atom. The number of carbonyl (C=O) groups is 2. The molecule has 3 aromatic rings. The van der Waals surface area contributed by atoms with Gasteiger partial charge >= 0.3 is 0 Å². The first-order valence-corrected chi connectivity index (χ1v) is 8.84. The van der Waals surface area contributed by atoms with Crippen molar-refractivity contribution in [1.82, 2.24) is 0 Å². The van der Waals surface area contributed by atoms with Gasteiger partial charge in [0, 0.05) is 11.1 Å². The van der Waals surface area contributed by atoms with Crippen molar-refractivity contribution >= 4 is 34.5 Å². The second kappa shape index (κ2) is 7.58. The Morgan fingerprint density at radius 2 is 1.18 bits per heavy atom. The van der Waals surface area contributed by atoms with Crippen LogP contribution >= 0.6 is 11.6 Å². The number of carbonyl (C=O) groups excluding carboxylic acids is 2. The molecule has 0 N–H and O–H groups in total. The molecule has 0 amide bonds. The standard InChI is InChI=1S/C22H13ClN2O3/c23-19-20(26)17-8-4-5-9-18(17)21(27)22(19)28-16-12-10-15(11-13-16)25-24-14-6-2-1-3-7-14/h1-13H. The lowest BCUT2D eigenvalue weighted by Gasteiger charge is -2.17. The molecule has 136 valence electrons. The topological polar surface area (TPSA) is 68.1 Å². The molecule has 0 saturated carbocycles. The Bertz CT molecular complexity index is 1120. The Morgan fingerprint density at radius 1 is 0.643 bits per heavy atom. The Labute approximate surface area is 165 Å². The Balaban J connectivity index is 1.55. The molecule has 0 aromatic heterocycles. The van der Waals surface area contributed by atoms with Crippen molar-refractivity contribution in [2.45, 2.75) is 0 Å². The van der Waals surface area contributed by atoms with E-state index in [1.54, 1.807) is 48.5 Å². The van der Waals surface area contributed by atoms with Gasteiger partial charge in [0.15, 0.2) is 5.76 Å². The zero-order valence-electron chi connectivity index (χ0n) is 14.5. The lowest BCUT2D eigenvalue weighted by molar-refractivity contribution is 0.0943. The van der Waals surface area contributed by atoms with E-state index in [1.165, 1.54) is 0 Å². The molecule has 1 aliphatic rings. The Hall–Kier alpha value is -3.57. The van der Waals surface area contributed by atoms with Gasteiger partial charge < -0.3 is 4.74 Å². The number of azo groups is 1. The molecule has 0 aliphatic heterocycles. The molecule has 28 heavy (non-hydrogen) atoms. The third-order valence-electron chi connectivity index (χ3n) is 4.12. The summed E-state index contributed by atoms with van der Waals surface area (Å²) in [7, 11) is 0. The third-order valence-corrected chi connectivity index (χ3v) is 4.46. The minimum atomic E-state index is -0.430. The molecule has 5 nitrogen and oxygen atoms in total. The van der Waals surface area contributed by atoms with Crippen LogP contribution in [0, 0.1) is 0 Å². The van der Waals surface area contributed by atoms with Gasteiger partial charge in [0.1, 0.15) is 10.8 Å². The van der Waals surface area contributed by atoms with Crippen LogP contribution in [-0.2, 0) is 0 Å². The highest BCUT2D eigenvalue weighted by Crippen LogP contribution is 2.31. The van der Waals surface area contributed by atoms with Gasteiger partial charge in [-0.15, -0.1) is 0 Å². The maximum atomic E-state index is 12.7. The van der Waals surface area contributed by atoms with E-state index in [9.17, 15) is 9.59 Å². The van der Waals surface area contributed by atoms with Crippen molar-refractivity contribution in [1.29, 1.82) is 0 Å². The molecule has 6 heteroatoms. The van der Waals surface area contributed by atoms with Crippen molar-refractivity contribution in [2.24, 2.45) is 10.2 Å². The first-order chi connectivity index (χ1) is 13.6. The average Bonchev–Trinajstić information content (AvgIpc) is 2.75. The van der Waals surface area contributed by atoms with E-state index >= 15 is 0 Å². The molecule has 0 unspecified atom stereocenters. The summed E-state index contributed by atoms with van der Waals surface area (Å²) < 4.78 is 5.63. The molecule has 0 fully saturated rings. The predicted octanol–water partition coefficient (Wildman–Crippen LogP) is 6.01. The van der Waals surface area contributed by atoms with E-state index < -0.39 is 11.6 Å². The van der Waals surface area contributed by atoms with Crippen LogP contribution in [0.1, 0.15) is 20.7 Å². The molecular formula is C22H13ClN2O3. The normalized spacial score (nSPS) is 13.8. The van der Waals surface area contributed by atoms with E-state index in [1.807, 2.05) is 30.3 Å². The number of hydrogen-bond acceptors (Lipinski definition) is 5. The molecule has 0 radical (unpaired) electrons. The van der Waals surface area contributed by atoms with Crippen molar-refractivity contribution < 1.29 is 14.3 Å². The van der Waals surface area contributed by atoms with Crippen LogP contribution < -0.4 is 4.74 Å². The fourth-order valence-corrected chi connectivity index (χ4v) is 2.95. The van der Waals surface area contributed by atoms with Gasteiger partial charge in [-0.3, -0.25) is 9.59 Å². The highest BCUT2D eigenvalue weighted by Gasteiger charge is 2.32. The summed E-state index contributed by atoms with van der Waals surface area (Å²) in [5, 5.41) is 8.06. The van der Waals surface area contributed by atoms with Crippen LogP contribution in [0.25, 0.3) is 0 Å². The number of rotatable bonds is 4. The molecule has 1 aliphatic carbocycles. The molecule has 3 aromatic carbocycles. The fourth-order valence-electron chi connectivity index (χ4n) is 2.72. The van der Waals surface area contributed by atoms with Gasteiger partial charge in [-0.2, -0.15) is 10.2 Å². The summed E-state index contributed by atoms with van der Waals surface area (Å²) in [5.74, 6) is -0.662. The van der Waals surface area contributed by atoms with Crippen LogP contribution in [-0.4, -0.2) is 11.6 Å². The first-order valence-electron chi connectivity index (χ1n) is 8.46. The van der Waals surface area contributed by atoms with Crippen LogP contribution in [0.4, 0.5) is 11.4 Å². The number of ketones is 2. The van der Waals surface area contributed by atoms with E-state index in [-0.39, 0.29) is 21.9 Å². The number of hydrogen-bond donors (Lipinski definition) is 0. The summed E-state index contributed by atoms with van der Waals surface area (Å²) >= 11 is 6.11. The zero-order chi connectivity index (χ0) is 19.5. The predicted molar refractivity (Wildman–Crippen MR) is 106 cm³/mol. The molecule has 0 spiro atoms. The quantitative estimate of drug-likeness (QED) is 0.514.